The lowest BCUT2D eigenvalue weighted by Crippen LogP contribution is -2.71. The second-order valence-corrected chi connectivity index (χ2v) is 10.5. The van der Waals surface area contributed by atoms with Crippen LogP contribution < -0.4 is 4.74 Å². The first kappa shape index (κ1) is 21.2. The molecule has 2 saturated heterocycles. The molecular weight excluding hydrogens is 416 g/mol. The molecule has 7 heteroatoms. The number of benzene rings is 1. The van der Waals surface area contributed by atoms with Crippen molar-refractivity contribution in [1.29, 1.82) is 0 Å². The van der Waals surface area contributed by atoms with Crippen LogP contribution in [0.25, 0.3) is 0 Å². The molecular formula is C26H34N4O3. The summed E-state index contributed by atoms with van der Waals surface area (Å²) in [4.78, 5) is 17.7. The highest BCUT2D eigenvalue weighted by atomic mass is 16.5. The van der Waals surface area contributed by atoms with Crippen molar-refractivity contribution in [3.05, 3.63) is 47.8 Å². The first-order chi connectivity index (χ1) is 16.0. The van der Waals surface area contributed by atoms with Gasteiger partial charge in [-0.15, -0.1) is 0 Å². The molecule has 1 amide bonds. The minimum Gasteiger partial charge on any atom is -0.497 e. The maximum absolute atomic E-state index is 13.1. The molecule has 3 fully saturated rings. The summed E-state index contributed by atoms with van der Waals surface area (Å²) in [6.07, 6.45) is 9.34. The highest BCUT2D eigenvalue weighted by Gasteiger charge is 2.63. The average Bonchev–Trinajstić information content (AvgIpc) is 3.52. The van der Waals surface area contributed by atoms with E-state index < -0.39 is 5.60 Å². The zero-order chi connectivity index (χ0) is 22.6. The number of aliphatic hydroxyl groups is 1. The molecule has 6 rings (SSSR count). The van der Waals surface area contributed by atoms with Crippen LogP contribution in [-0.4, -0.2) is 75.5 Å². The van der Waals surface area contributed by atoms with Crippen molar-refractivity contribution in [2.24, 2.45) is 5.92 Å². The van der Waals surface area contributed by atoms with Crippen molar-refractivity contribution < 1.29 is 14.6 Å². The molecule has 1 saturated carbocycles. The molecule has 2 aliphatic carbocycles. The topological polar surface area (TPSA) is 70.8 Å². The summed E-state index contributed by atoms with van der Waals surface area (Å²) in [6, 6.07) is 8.36. The van der Waals surface area contributed by atoms with Gasteiger partial charge in [0.1, 0.15) is 12.3 Å². The van der Waals surface area contributed by atoms with Crippen LogP contribution in [0.2, 0.25) is 0 Å². The number of methoxy groups -OCH3 is 1. The fourth-order valence-electron chi connectivity index (χ4n) is 6.87. The summed E-state index contributed by atoms with van der Waals surface area (Å²) in [5.74, 6) is 1.71. The number of carbonyl (C=O) groups excluding carboxylic acids is 1. The van der Waals surface area contributed by atoms with Crippen molar-refractivity contribution in [3.63, 3.8) is 0 Å². The maximum atomic E-state index is 13.1. The lowest BCUT2D eigenvalue weighted by atomic mass is 9.52. The number of piperidine rings is 1. The Morgan fingerprint density at radius 1 is 1.21 bits per heavy atom. The Morgan fingerprint density at radius 3 is 2.79 bits per heavy atom. The van der Waals surface area contributed by atoms with Crippen LogP contribution in [0.4, 0.5) is 0 Å². The predicted octanol–water partition coefficient (Wildman–Crippen LogP) is 2.22. The summed E-state index contributed by atoms with van der Waals surface area (Å²) in [5, 5.41) is 16.8. The number of amides is 1. The van der Waals surface area contributed by atoms with E-state index in [1.807, 2.05) is 17.2 Å². The molecule has 1 aromatic carbocycles. The molecule has 1 N–H and O–H groups in total. The van der Waals surface area contributed by atoms with Crippen LogP contribution in [0.3, 0.4) is 0 Å². The Bertz CT molecular complexity index is 1040. The Labute approximate surface area is 195 Å². The van der Waals surface area contributed by atoms with E-state index in [9.17, 15) is 9.90 Å². The number of aromatic nitrogens is 2. The van der Waals surface area contributed by atoms with E-state index in [1.54, 1.807) is 18.0 Å². The third-order valence-electron chi connectivity index (χ3n) is 8.86. The van der Waals surface area contributed by atoms with Crippen LogP contribution >= 0.6 is 0 Å². The normalized spacial score (nSPS) is 31.5. The molecule has 1 aromatic heterocycles. The Hall–Kier alpha value is -2.38. The maximum Gasteiger partial charge on any atom is 0.244 e. The molecule has 3 atom stereocenters. The van der Waals surface area contributed by atoms with Gasteiger partial charge in [0.2, 0.25) is 5.91 Å². The van der Waals surface area contributed by atoms with Crippen molar-refractivity contribution in [2.75, 3.05) is 33.3 Å². The lowest BCUT2D eigenvalue weighted by Gasteiger charge is -2.61. The van der Waals surface area contributed by atoms with Crippen LogP contribution in [0.1, 0.15) is 43.2 Å². The molecule has 2 aromatic rings. The lowest BCUT2D eigenvalue weighted by molar-refractivity contribution is -0.149. The molecule has 2 bridgehead atoms. The minimum atomic E-state index is -0.847. The first-order valence-electron chi connectivity index (χ1n) is 12.4. The van der Waals surface area contributed by atoms with Gasteiger partial charge in [-0.1, -0.05) is 6.07 Å². The number of likely N-dealkylation sites (tertiary alicyclic amines) is 2. The van der Waals surface area contributed by atoms with Gasteiger partial charge in [0, 0.05) is 43.5 Å². The Morgan fingerprint density at radius 2 is 2.03 bits per heavy atom. The van der Waals surface area contributed by atoms with Crippen LogP contribution in [0.5, 0.6) is 5.75 Å². The highest BCUT2D eigenvalue weighted by Crippen LogP contribution is 2.56. The number of fused-ring (bicyclic) bond motifs is 1. The number of carbonyl (C=O) groups is 1. The third kappa shape index (κ3) is 3.39. The van der Waals surface area contributed by atoms with Gasteiger partial charge in [-0.25, -0.2) is 0 Å². The van der Waals surface area contributed by atoms with Crippen molar-refractivity contribution in [2.45, 2.75) is 62.1 Å². The standard InChI is InChI=1S/C26H34N4O3/c1-33-21-6-5-20-15-23-26(32)9-14-28(24(31)18-30-11-2-10-27-30)12-7-25(26,22(20)16-21)8-13-29(23)17-19-3-4-19/h2,5-6,10-11,16,19,23,32H,3-4,7-9,12-15,17-18H2,1H3/t23-,25+,26-/m1/s1. The van der Waals surface area contributed by atoms with Crippen molar-refractivity contribution >= 4 is 5.91 Å². The first-order valence-corrected chi connectivity index (χ1v) is 12.4. The van der Waals surface area contributed by atoms with Gasteiger partial charge in [-0.3, -0.25) is 14.4 Å². The summed E-state index contributed by atoms with van der Waals surface area (Å²) >= 11 is 0. The molecule has 2 aliphatic heterocycles. The molecule has 4 aliphatic rings. The summed E-state index contributed by atoms with van der Waals surface area (Å²) in [7, 11) is 1.71. The predicted molar refractivity (Wildman–Crippen MR) is 124 cm³/mol. The molecule has 0 unspecified atom stereocenters. The number of nitrogens with zero attached hydrogens (tertiary/aromatic N) is 4. The van der Waals surface area contributed by atoms with Gasteiger partial charge in [-0.05, 0) is 80.3 Å². The monoisotopic (exact) mass is 450 g/mol. The summed E-state index contributed by atoms with van der Waals surface area (Å²) < 4.78 is 7.28. The van der Waals surface area contributed by atoms with Crippen LogP contribution in [0, 0.1) is 5.92 Å². The molecule has 7 nitrogen and oxygen atoms in total. The van der Waals surface area contributed by atoms with Crippen LogP contribution in [-0.2, 0) is 23.2 Å². The van der Waals surface area contributed by atoms with Gasteiger partial charge in [0.25, 0.3) is 0 Å². The highest BCUT2D eigenvalue weighted by molar-refractivity contribution is 5.76. The van der Waals surface area contributed by atoms with Gasteiger partial charge in [0.05, 0.1) is 12.7 Å². The molecule has 0 radical (unpaired) electrons. The van der Waals surface area contributed by atoms with Gasteiger partial charge in [0.15, 0.2) is 0 Å². The number of rotatable bonds is 5. The second-order valence-electron chi connectivity index (χ2n) is 10.5. The van der Waals surface area contributed by atoms with Crippen LogP contribution in [0.15, 0.2) is 36.7 Å². The molecule has 33 heavy (non-hydrogen) atoms. The Kier molecular flexibility index (Phi) is 5.03. The Balaban J connectivity index is 1.36. The van der Waals surface area contributed by atoms with Gasteiger partial charge < -0.3 is 14.7 Å². The SMILES string of the molecule is COc1ccc2c(c1)[C@@]13CCN(C(=O)Cn4cccn4)CC[C@@]1(O)[C@@H](C2)N(CC1CC1)CC3. The minimum absolute atomic E-state index is 0.0765. The molecule has 3 heterocycles. The number of ether oxygens (including phenoxy) is 1. The molecule has 176 valence electrons. The number of hydrogen-bond acceptors (Lipinski definition) is 5. The van der Waals surface area contributed by atoms with Gasteiger partial charge >= 0.3 is 0 Å². The zero-order valence-electron chi connectivity index (χ0n) is 19.4. The van der Waals surface area contributed by atoms with E-state index in [4.69, 9.17) is 4.74 Å². The zero-order valence-corrected chi connectivity index (χ0v) is 19.4. The van der Waals surface area contributed by atoms with E-state index >= 15 is 0 Å². The van der Waals surface area contributed by atoms with Crippen molar-refractivity contribution in [1.82, 2.24) is 19.6 Å². The quantitative estimate of drug-likeness (QED) is 0.757. The van der Waals surface area contributed by atoms with Gasteiger partial charge in [-0.2, -0.15) is 5.10 Å². The van der Waals surface area contributed by atoms with E-state index in [1.165, 1.54) is 24.0 Å². The van der Waals surface area contributed by atoms with E-state index in [2.05, 4.69) is 28.2 Å². The second kappa shape index (κ2) is 7.84. The molecule has 0 spiro atoms. The average molecular weight is 451 g/mol. The number of hydrogen-bond donors (Lipinski definition) is 1. The fourth-order valence-corrected chi connectivity index (χ4v) is 6.87. The van der Waals surface area contributed by atoms with E-state index in [0.29, 0.717) is 19.5 Å². The van der Waals surface area contributed by atoms with Crippen molar-refractivity contribution in [3.8, 4) is 5.75 Å². The largest absolute Gasteiger partial charge is 0.497 e. The summed E-state index contributed by atoms with van der Waals surface area (Å²) in [5.41, 5.74) is 1.39. The fraction of sp³-hybridized carbons (Fsp3) is 0.615. The summed E-state index contributed by atoms with van der Waals surface area (Å²) in [6.45, 7) is 3.61. The smallest absolute Gasteiger partial charge is 0.244 e. The third-order valence-corrected chi connectivity index (χ3v) is 8.86. The van der Waals surface area contributed by atoms with E-state index in [0.717, 1.165) is 44.0 Å². The van der Waals surface area contributed by atoms with E-state index in [-0.39, 0.29) is 23.9 Å².